The maximum absolute atomic E-state index is 13.7. The van der Waals surface area contributed by atoms with Crippen LogP contribution in [0, 0.1) is 5.92 Å². The molecule has 2 aliphatic rings. The number of carbonyl (C=O) groups is 1. The summed E-state index contributed by atoms with van der Waals surface area (Å²) in [6.07, 6.45) is 5.33. The monoisotopic (exact) mass is 558 g/mol. The van der Waals surface area contributed by atoms with Gasteiger partial charge in [0.25, 0.3) is 5.91 Å². The second-order valence-electron chi connectivity index (χ2n) is 10.6. The molecule has 202 valence electrons. The van der Waals surface area contributed by atoms with Gasteiger partial charge in [0.15, 0.2) is 0 Å². The SMILES string of the molecule is CN(C)c1ccc(/C=C2\CCC[C@H]3C2=NN(C(=O)CSc2ccc(Cl)cc2)[C@H]3c2ccc(N(C)C)cc2)cc1. The Balaban J connectivity index is 1.45. The molecule has 0 saturated heterocycles. The number of hydrogen-bond acceptors (Lipinski definition) is 5. The smallest absolute Gasteiger partial charge is 0.253 e. The van der Waals surface area contributed by atoms with Gasteiger partial charge in [0.05, 0.1) is 17.5 Å². The predicted octanol–water partition coefficient (Wildman–Crippen LogP) is 7.39. The number of thioether (sulfide) groups is 1. The molecule has 0 spiro atoms. The molecule has 7 heteroatoms. The molecule has 1 amide bonds. The van der Waals surface area contributed by atoms with E-state index in [4.69, 9.17) is 16.7 Å². The van der Waals surface area contributed by atoms with Gasteiger partial charge in [-0.1, -0.05) is 35.9 Å². The van der Waals surface area contributed by atoms with Crippen molar-refractivity contribution in [2.24, 2.45) is 11.0 Å². The number of carbonyl (C=O) groups excluding carboxylic acids is 1. The largest absolute Gasteiger partial charge is 0.378 e. The number of fused-ring (bicyclic) bond motifs is 1. The van der Waals surface area contributed by atoms with E-state index in [0.717, 1.165) is 46.7 Å². The molecule has 2 atom stereocenters. The third kappa shape index (κ3) is 6.18. The Morgan fingerprint density at radius 1 is 0.949 bits per heavy atom. The lowest BCUT2D eigenvalue weighted by Crippen LogP contribution is -2.32. The first-order chi connectivity index (χ1) is 18.8. The van der Waals surface area contributed by atoms with Crippen molar-refractivity contribution < 1.29 is 4.79 Å². The summed E-state index contributed by atoms with van der Waals surface area (Å²) < 4.78 is 0. The van der Waals surface area contributed by atoms with E-state index in [1.54, 1.807) is 5.01 Å². The Labute approximate surface area is 241 Å². The number of anilines is 2. The zero-order valence-corrected chi connectivity index (χ0v) is 24.5. The second-order valence-corrected chi connectivity index (χ2v) is 12.0. The highest BCUT2D eigenvalue weighted by Gasteiger charge is 2.43. The Hall–Kier alpha value is -3.22. The highest BCUT2D eigenvalue weighted by Crippen LogP contribution is 2.45. The first kappa shape index (κ1) is 27.4. The fourth-order valence-corrected chi connectivity index (χ4v) is 6.20. The number of amides is 1. The number of hydrazone groups is 1. The molecular formula is C32H35ClN4OS. The van der Waals surface area contributed by atoms with E-state index in [1.807, 2.05) is 38.4 Å². The van der Waals surface area contributed by atoms with Crippen molar-refractivity contribution in [1.82, 2.24) is 5.01 Å². The lowest BCUT2D eigenvalue weighted by Gasteiger charge is -2.30. The Morgan fingerprint density at radius 3 is 2.18 bits per heavy atom. The number of allylic oxidation sites excluding steroid dienone is 1. The average molecular weight is 559 g/mol. The van der Waals surface area contributed by atoms with Gasteiger partial charge >= 0.3 is 0 Å². The standard InChI is InChI=1S/C32H35ClN4OS/c1-35(2)26-14-8-22(9-15-26)20-24-6-5-7-29-31(24)34-37(30(38)21-39-28-18-12-25(33)13-19-28)32(29)23-10-16-27(17-11-23)36(3)4/h8-20,29,32H,5-7,21H2,1-4H3/b24-20+/t29-,32-/m0/s1. The van der Waals surface area contributed by atoms with Gasteiger partial charge in [-0.15, -0.1) is 11.8 Å². The van der Waals surface area contributed by atoms with E-state index in [2.05, 4.69) is 78.5 Å². The van der Waals surface area contributed by atoms with Gasteiger partial charge in [-0.3, -0.25) is 4.79 Å². The van der Waals surface area contributed by atoms with Crippen LogP contribution in [0.1, 0.15) is 36.4 Å². The second kappa shape index (κ2) is 11.9. The Bertz CT molecular complexity index is 1360. The van der Waals surface area contributed by atoms with Crippen molar-refractivity contribution in [3.05, 3.63) is 94.5 Å². The van der Waals surface area contributed by atoms with Gasteiger partial charge in [-0.05, 0) is 90.6 Å². The first-order valence-corrected chi connectivity index (χ1v) is 14.7. The van der Waals surface area contributed by atoms with E-state index in [-0.39, 0.29) is 17.9 Å². The molecule has 5 nitrogen and oxygen atoms in total. The zero-order chi connectivity index (χ0) is 27.5. The number of halogens is 1. The fraction of sp³-hybridized carbons (Fsp3) is 0.312. The van der Waals surface area contributed by atoms with Gasteiger partial charge in [0, 0.05) is 55.4 Å². The fourth-order valence-electron chi connectivity index (χ4n) is 5.32. The summed E-state index contributed by atoms with van der Waals surface area (Å²) in [5.41, 5.74) is 6.90. The minimum Gasteiger partial charge on any atom is -0.378 e. The van der Waals surface area contributed by atoms with Crippen LogP contribution in [0.3, 0.4) is 0 Å². The van der Waals surface area contributed by atoms with Crippen LogP contribution in [-0.2, 0) is 4.79 Å². The molecule has 1 fully saturated rings. The lowest BCUT2D eigenvalue weighted by molar-refractivity contribution is -0.130. The maximum atomic E-state index is 13.7. The summed E-state index contributed by atoms with van der Waals surface area (Å²) in [4.78, 5) is 18.9. The van der Waals surface area contributed by atoms with Crippen LogP contribution in [0.4, 0.5) is 11.4 Å². The molecular weight excluding hydrogens is 524 g/mol. The van der Waals surface area contributed by atoms with E-state index in [9.17, 15) is 4.79 Å². The summed E-state index contributed by atoms with van der Waals surface area (Å²) in [5, 5.41) is 7.51. The molecule has 0 bridgehead atoms. The van der Waals surface area contributed by atoms with Crippen molar-refractivity contribution in [3.8, 4) is 0 Å². The van der Waals surface area contributed by atoms with Gasteiger partial charge in [0.1, 0.15) is 0 Å². The van der Waals surface area contributed by atoms with Gasteiger partial charge < -0.3 is 9.80 Å². The minimum absolute atomic E-state index is 0.0215. The van der Waals surface area contributed by atoms with Crippen LogP contribution >= 0.6 is 23.4 Å². The summed E-state index contributed by atoms with van der Waals surface area (Å²) >= 11 is 7.57. The van der Waals surface area contributed by atoms with Crippen LogP contribution in [0.15, 0.2) is 88.4 Å². The molecule has 3 aromatic carbocycles. The maximum Gasteiger partial charge on any atom is 0.253 e. The molecule has 1 heterocycles. The van der Waals surface area contributed by atoms with Crippen molar-refractivity contribution in [2.75, 3.05) is 43.7 Å². The van der Waals surface area contributed by atoms with Crippen molar-refractivity contribution in [2.45, 2.75) is 30.2 Å². The van der Waals surface area contributed by atoms with Crippen molar-refractivity contribution >= 4 is 52.4 Å². The Morgan fingerprint density at radius 2 is 1.56 bits per heavy atom. The molecule has 1 saturated carbocycles. The predicted molar refractivity (Wildman–Crippen MR) is 166 cm³/mol. The van der Waals surface area contributed by atoms with Gasteiger partial charge in [-0.25, -0.2) is 5.01 Å². The van der Waals surface area contributed by atoms with Gasteiger partial charge in [0.2, 0.25) is 0 Å². The molecule has 5 rings (SSSR count). The molecule has 1 aliphatic heterocycles. The van der Waals surface area contributed by atoms with E-state index < -0.39 is 0 Å². The molecule has 0 radical (unpaired) electrons. The molecule has 0 aromatic heterocycles. The summed E-state index contributed by atoms with van der Waals surface area (Å²) in [6, 6.07) is 24.7. The molecule has 0 unspecified atom stereocenters. The third-order valence-corrected chi connectivity index (χ3v) is 8.68. The van der Waals surface area contributed by atoms with Crippen LogP contribution < -0.4 is 9.80 Å². The topological polar surface area (TPSA) is 39.1 Å². The van der Waals surface area contributed by atoms with Crippen LogP contribution in [0.25, 0.3) is 6.08 Å². The highest BCUT2D eigenvalue weighted by atomic mass is 35.5. The molecule has 3 aromatic rings. The van der Waals surface area contributed by atoms with E-state index in [0.29, 0.717) is 10.8 Å². The zero-order valence-electron chi connectivity index (χ0n) is 23.0. The summed E-state index contributed by atoms with van der Waals surface area (Å²) in [5.74, 6) is 0.525. The lowest BCUT2D eigenvalue weighted by atomic mass is 9.77. The van der Waals surface area contributed by atoms with E-state index >= 15 is 0 Å². The molecule has 1 aliphatic carbocycles. The van der Waals surface area contributed by atoms with Crippen LogP contribution in [0.5, 0.6) is 0 Å². The number of rotatable bonds is 7. The average Bonchev–Trinajstić information content (AvgIpc) is 3.34. The van der Waals surface area contributed by atoms with Crippen molar-refractivity contribution in [1.29, 1.82) is 0 Å². The number of benzene rings is 3. The summed E-state index contributed by atoms with van der Waals surface area (Å²) in [6.45, 7) is 0. The minimum atomic E-state index is -0.102. The first-order valence-electron chi connectivity index (χ1n) is 13.3. The number of nitrogens with zero attached hydrogens (tertiary/aromatic N) is 4. The van der Waals surface area contributed by atoms with Crippen LogP contribution in [0.2, 0.25) is 5.02 Å². The normalized spacial score (nSPS) is 19.6. The highest BCUT2D eigenvalue weighted by molar-refractivity contribution is 8.00. The van der Waals surface area contributed by atoms with Gasteiger partial charge in [-0.2, -0.15) is 5.10 Å². The summed E-state index contributed by atoms with van der Waals surface area (Å²) in [7, 11) is 8.18. The van der Waals surface area contributed by atoms with Crippen molar-refractivity contribution in [3.63, 3.8) is 0 Å². The van der Waals surface area contributed by atoms with E-state index in [1.165, 1.54) is 23.0 Å². The Kier molecular flexibility index (Phi) is 8.34. The third-order valence-electron chi connectivity index (χ3n) is 7.43. The molecule has 39 heavy (non-hydrogen) atoms. The number of hydrogen-bond donors (Lipinski definition) is 0. The quantitative estimate of drug-likeness (QED) is 0.283. The van der Waals surface area contributed by atoms with Crippen LogP contribution in [-0.4, -0.2) is 50.6 Å². The molecule has 0 N–H and O–H groups in total.